The molecule has 2 heteroatoms. The Morgan fingerprint density at radius 3 is 2.42 bits per heavy atom. The molecule has 0 radical (unpaired) electrons. The summed E-state index contributed by atoms with van der Waals surface area (Å²) >= 11 is 0. The third-order valence-corrected chi connectivity index (χ3v) is 3.36. The van der Waals surface area contributed by atoms with E-state index in [0.717, 1.165) is 22.9 Å². The van der Waals surface area contributed by atoms with Gasteiger partial charge in [-0.3, -0.25) is 4.98 Å². The smallest absolute Gasteiger partial charge is 0.126 e. The highest BCUT2D eigenvalue weighted by molar-refractivity contribution is 5.81. The van der Waals surface area contributed by atoms with Crippen LogP contribution >= 0.6 is 0 Å². The van der Waals surface area contributed by atoms with Gasteiger partial charge in [0.2, 0.25) is 0 Å². The maximum atomic E-state index is 13.6. The molecule has 3 rings (SSSR count). The topological polar surface area (TPSA) is 12.9 Å². The minimum Gasteiger partial charge on any atom is -0.256 e. The number of nitrogens with zero attached hydrogens (tertiary/aromatic N) is 1. The highest BCUT2D eigenvalue weighted by atomic mass is 19.1. The molecule has 0 aliphatic carbocycles. The van der Waals surface area contributed by atoms with Gasteiger partial charge in [-0.2, -0.15) is 0 Å². The number of rotatable bonds is 3. The van der Waals surface area contributed by atoms with Crippen molar-refractivity contribution < 1.29 is 4.39 Å². The summed E-state index contributed by atoms with van der Waals surface area (Å²) in [4.78, 5) is 4.34. The molecule has 0 N–H and O–H groups in total. The number of hydrogen-bond acceptors (Lipinski definition) is 1. The molecular weight excluding hydrogens is 237 g/mol. The first-order chi connectivity index (χ1) is 9.34. The molecule has 0 atom stereocenters. The van der Waals surface area contributed by atoms with Crippen LogP contribution in [0, 0.1) is 5.82 Å². The average molecular weight is 251 g/mol. The summed E-state index contributed by atoms with van der Waals surface area (Å²) in [6.07, 6.45) is 3.35. The number of halogens is 1. The highest BCUT2D eigenvalue weighted by Crippen LogP contribution is 2.18. The number of aryl methyl sites for hydroxylation is 2. The number of benzene rings is 2. The summed E-state index contributed by atoms with van der Waals surface area (Å²) in [5, 5.41) is 1.15. The number of aromatic nitrogens is 1. The second kappa shape index (κ2) is 5.19. The van der Waals surface area contributed by atoms with Crippen molar-refractivity contribution in [3.63, 3.8) is 0 Å². The van der Waals surface area contributed by atoms with Gasteiger partial charge in [0.05, 0.1) is 5.52 Å². The van der Waals surface area contributed by atoms with Gasteiger partial charge in [0, 0.05) is 11.6 Å². The van der Waals surface area contributed by atoms with E-state index in [4.69, 9.17) is 0 Å². The van der Waals surface area contributed by atoms with E-state index in [0.29, 0.717) is 6.42 Å². The van der Waals surface area contributed by atoms with Crippen LogP contribution in [0.2, 0.25) is 0 Å². The standard InChI is InChI=1S/C17H14FN/c18-16-7-3-1-5-14(16)10-9-13-11-12-19-17-8-4-2-6-15(13)17/h1-8,11-12H,9-10H2. The third kappa shape index (κ3) is 2.48. The van der Waals surface area contributed by atoms with Crippen molar-refractivity contribution in [1.29, 1.82) is 0 Å². The highest BCUT2D eigenvalue weighted by Gasteiger charge is 2.04. The number of fused-ring (bicyclic) bond motifs is 1. The molecule has 0 aliphatic rings. The van der Waals surface area contributed by atoms with E-state index in [9.17, 15) is 4.39 Å². The maximum Gasteiger partial charge on any atom is 0.126 e. The Bertz CT molecular complexity index is 701. The monoisotopic (exact) mass is 251 g/mol. The fourth-order valence-corrected chi connectivity index (χ4v) is 2.34. The fraction of sp³-hybridized carbons (Fsp3) is 0.118. The second-order valence-electron chi connectivity index (χ2n) is 4.58. The Labute approximate surface area is 111 Å². The first-order valence-electron chi connectivity index (χ1n) is 6.40. The van der Waals surface area contributed by atoms with Crippen LogP contribution in [-0.2, 0) is 12.8 Å². The molecule has 0 amide bonds. The van der Waals surface area contributed by atoms with Crippen LogP contribution in [0.15, 0.2) is 60.8 Å². The van der Waals surface area contributed by atoms with Crippen molar-refractivity contribution in [1.82, 2.24) is 4.98 Å². The molecule has 0 saturated carbocycles. The van der Waals surface area contributed by atoms with Gasteiger partial charge >= 0.3 is 0 Å². The Hall–Kier alpha value is -2.22. The SMILES string of the molecule is Fc1ccccc1CCc1ccnc2ccccc12. The minimum atomic E-state index is -0.124. The summed E-state index contributed by atoms with van der Waals surface area (Å²) in [6, 6.07) is 17.0. The molecule has 1 aromatic heterocycles. The van der Waals surface area contributed by atoms with E-state index >= 15 is 0 Å². The molecule has 94 valence electrons. The predicted molar refractivity (Wildman–Crippen MR) is 75.6 cm³/mol. The van der Waals surface area contributed by atoms with Crippen molar-refractivity contribution >= 4 is 10.9 Å². The van der Waals surface area contributed by atoms with Crippen molar-refractivity contribution in [2.45, 2.75) is 12.8 Å². The molecule has 0 aliphatic heterocycles. The molecule has 0 fully saturated rings. The van der Waals surface area contributed by atoms with Crippen LogP contribution < -0.4 is 0 Å². The summed E-state index contributed by atoms with van der Waals surface area (Å²) < 4.78 is 13.6. The van der Waals surface area contributed by atoms with Crippen molar-refractivity contribution in [3.05, 3.63) is 77.7 Å². The summed E-state index contributed by atoms with van der Waals surface area (Å²) in [5.74, 6) is -0.124. The normalized spacial score (nSPS) is 10.8. The Morgan fingerprint density at radius 2 is 1.53 bits per heavy atom. The van der Waals surface area contributed by atoms with Crippen LogP contribution in [0.1, 0.15) is 11.1 Å². The lowest BCUT2D eigenvalue weighted by atomic mass is 10.0. The molecule has 1 heterocycles. The maximum absolute atomic E-state index is 13.6. The van der Waals surface area contributed by atoms with Crippen molar-refractivity contribution in [2.24, 2.45) is 0 Å². The van der Waals surface area contributed by atoms with E-state index < -0.39 is 0 Å². The lowest BCUT2D eigenvalue weighted by molar-refractivity contribution is 0.609. The Kier molecular flexibility index (Phi) is 3.23. The van der Waals surface area contributed by atoms with Gasteiger partial charge in [-0.05, 0) is 42.2 Å². The predicted octanol–water partition coefficient (Wildman–Crippen LogP) is 4.16. The van der Waals surface area contributed by atoms with Crippen molar-refractivity contribution in [3.8, 4) is 0 Å². The number of hydrogen-bond donors (Lipinski definition) is 0. The van der Waals surface area contributed by atoms with Crippen LogP contribution in [0.3, 0.4) is 0 Å². The summed E-state index contributed by atoms with van der Waals surface area (Å²) in [7, 11) is 0. The zero-order valence-electron chi connectivity index (χ0n) is 10.5. The molecule has 2 aromatic carbocycles. The van der Waals surface area contributed by atoms with E-state index in [1.54, 1.807) is 6.07 Å². The Balaban J connectivity index is 1.88. The third-order valence-electron chi connectivity index (χ3n) is 3.36. The molecule has 19 heavy (non-hydrogen) atoms. The van der Waals surface area contributed by atoms with Crippen LogP contribution in [0.25, 0.3) is 10.9 Å². The van der Waals surface area contributed by atoms with Crippen LogP contribution in [0.5, 0.6) is 0 Å². The van der Waals surface area contributed by atoms with Gasteiger partial charge < -0.3 is 0 Å². The zero-order valence-corrected chi connectivity index (χ0v) is 10.5. The van der Waals surface area contributed by atoms with Gasteiger partial charge in [0.15, 0.2) is 0 Å². The quantitative estimate of drug-likeness (QED) is 0.681. The van der Waals surface area contributed by atoms with Gasteiger partial charge in [-0.25, -0.2) is 4.39 Å². The van der Waals surface area contributed by atoms with Gasteiger partial charge in [-0.1, -0.05) is 36.4 Å². The molecule has 1 nitrogen and oxygen atoms in total. The fourth-order valence-electron chi connectivity index (χ4n) is 2.34. The molecule has 0 saturated heterocycles. The molecule has 3 aromatic rings. The van der Waals surface area contributed by atoms with Crippen LogP contribution in [0.4, 0.5) is 4.39 Å². The average Bonchev–Trinajstić information content (AvgIpc) is 2.46. The lowest BCUT2D eigenvalue weighted by Crippen LogP contribution is -1.96. The number of pyridine rings is 1. The van der Waals surface area contributed by atoms with Gasteiger partial charge in [-0.15, -0.1) is 0 Å². The van der Waals surface area contributed by atoms with Gasteiger partial charge in [0.25, 0.3) is 0 Å². The number of para-hydroxylation sites is 1. The van der Waals surface area contributed by atoms with E-state index in [1.807, 2.05) is 42.6 Å². The molecule has 0 bridgehead atoms. The largest absolute Gasteiger partial charge is 0.256 e. The Morgan fingerprint density at radius 1 is 0.789 bits per heavy atom. The molecular formula is C17H14FN. The lowest BCUT2D eigenvalue weighted by Gasteiger charge is -2.06. The molecule has 0 spiro atoms. The van der Waals surface area contributed by atoms with E-state index in [2.05, 4.69) is 11.1 Å². The minimum absolute atomic E-state index is 0.124. The van der Waals surface area contributed by atoms with Crippen molar-refractivity contribution in [2.75, 3.05) is 0 Å². The summed E-state index contributed by atoms with van der Waals surface area (Å²) in [5.41, 5.74) is 2.98. The van der Waals surface area contributed by atoms with Crippen LogP contribution in [-0.4, -0.2) is 4.98 Å². The zero-order chi connectivity index (χ0) is 13.1. The van der Waals surface area contributed by atoms with E-state index in [1.165, 1.54) is 11.6 Å². The molecule has 0 unspecified atom stereocenters. The first-order valence-corrected chi connectivity index (χ1v) is 6.40. The second-order valence-corrected chi connectivity index (χ2v) is 4.58. The summed E-state index contributed by atoms with van der Waals surface area (Å²) in [6.45, 7) is 0. The first kappa shape index (κ1) is 11.8. The van der Waals surface area contributed by atoms with Gasteiger partial charge in [0.1, 0.15) is 5.82 Å². The van der Waals surface area contributed by atoms with E-state index in [-0.39, 0.29) is 5.82 Å².